The number of ether oxygens (including phenoxy) is 8. The van der Waals surface area contributed by atoms with E-state index in [9.17, 15) is 51.1 Å². The van der Waals surface area contributed by atoms with Crippen LogP contribution in [-0.2, 0) is 42.7 Å². The van der Waals surface area contributed by atoms with Gasteiger partial charge in [0.1, 0.15) is 67.1 Å². The molecule has 0 aromatic carbocycles. The van der Waals surface area contributed by atoms with E-state index in [0.717, 1.165) is 51.4 Å². The first-order valence-corrected chi connectivity index (χ1v) is 25.4. The first-order chi connectivity index (χ1) is 32.3. The molecule has 4 saturated carbocycles. The molecule has 69 heavy (non-hydrogen) atoms. The van der Waals surface area contributed by atoms with Crippen LogP contribution in [0.4, 0.5) is 0 Å². The van der Waals surface area contributed by atoms with E-state index < -0.39 is 123 Å². The lowest BCUT2D eigenvalue weighted by Gasteiger charge is -2.71. The van der Waals surface area contributed by atoms with Gasteiger partial charge in [0.05, 0.1) is 37.9 Å². The Bertz CT molecular complexity index is 1900. The minimum absolute atomic E-state index is 0.0339. The zero-order valence-corrected chi connectivity index (χ0v) is 41.2. The third-order valence-corrected chi connectivity index (χ3v) is 19.9. The van der Waals surface area contributed by atoms with Crippen molar-refractivity contribution < 1.29 is 93.8 Å². The van der Waals surface area contributed by atoms with Gasteiger partial charge in [-0.3, -0.25) is 4.79 Å². The maximum atomic E-state index is 15.1. The molecule has 0 aromatic heterocycles. The number of aliphatic hydroxyl groups excluding tert-OH is 10. The zero-order chi connectivity index (χ0) is 50.0. The smallest absolute Gasteiger partial charge is 0.315 e. The molecule has 0 radical (unpaired) electrons. The second-order valence-electron chi connectivity index (χ2n) is 24.5. The molecule has 19 heteroatoms. The number of hydrogen-bond acceptors (Lipinski definition) is 19. The largest absolute Gasteiger partial charge is 0.432 e. The number of hydrogen-bond donors (Lipinski definition) is 10. The summed E-state index contributed by atoms with van der Waals surface area (Å²) in [5.74, 6) is 0.216. The Hall–Kier alpha value is -1.47. The highest BCUT2D eigenvalue weighted by molar-refractivity contribution is 5.79. The SMILES string of the molecule is CC1(C)CC[C@]2(C(=O)O[C@@H]3OC[C@H](O)[C@H](O)[C@H]3O[C@@H]3OC[C@H](O[C@@H]4OC[C@@H](O)[C@H](O[C@@H]5OC[C@@H](O)[C@H](O)[C@H]5O)[C@H]4O)[C@@H](O)[C@H]3O)CC[C@]3(C)C(=CCC4[C@@]5(C)CC[C@H](O)C(C)(C)C5CC[C@]43C)C2C1. The third kappa shape index (κ3) is 8.60. The lowest BCUT2D eigenvalue weighted by molar-refractivity contribution is -0.364. The summed E-state index contributed by atoms with van der Waals surface area (Å²) in [5, 5.41) is 108. The van der Waals surface area contributed by atoms with E-state index in [1.54, 1.807) is 0 Å². The van der Waals surface area contributed by atoms with Crippen LogP contribution in [0.1, 0.15) is 113 Å². The van der Waals surface area contributed by atoms with E-state index in [1.165, 1.54) is 5.57 Å². The molecule has 8 fully saturated rings. The molecule has 24 atom stereocenters. The molecule has 4 aliphatic heterocycles. The lowest BCUT2D eigenvalue weighted by atomic mass is 9.33. The fraction of sp³-hybridized carbons (Fsp3) is 0.940. The van der Waals surface area contributed by atoms with E-state index in [4.69, 9.17) is 37.9 Å². The number of esters is 1. The quantitative estimate of drug-likeness (QED) is 0.117. The van der Waals surface area contributed by atoms with Gasteiger partial charge in [0.2, 0.25) is 6.29 Å². The molecule has 0 spiro atoms. The Morgan fingerprint density at radius 2 is 1.14 bits per heavy atom. The molecule has 3 unspecified atom stereocenters. The van der Waals surface area contributed by atoms with Crippen LogP contribution in [0.25, 0.3) is 0 Å². The van der Waals surface area contributed by atoms with E-state index in [1.807, 2.05) is 0 Å². The molecule has 9 rings (SSSR count). The predicted octanol–water partition coefficient (Wildman–Crippen LogP) is 0.521. The number of carbonyl (C=O) groups is 1. The molecule has 9 aliphatic rings. The molecule has 0 bridgehead atoms. The predicted molar refractivity (Wildman–Crippen MR) is 239 cm³/mol. The molecular formula is C50H80O19. The first kappa shape index (κ1) is 52.4. The number of aliphatic hydroxyl groups is 10. The van der Waals surface area contributed by atoms with E-state index in [-0.39, 0.29) is 52.3 Å². The summed E-state index contributed by atoms with van der Waals surface area (Å²) in [6, 6.07) is 0. The van der Waals surface area contributed by atoms with Crippen molar-refractivity contribution in [3.05, 3.63) is 11.6 Å². The third-order valence-electron chi connectivity index (χ3n) is 19.9. The van der Waals surface area contributed by atoms with E-state index >= 15 is 4.79 Å². The normalized spacial score (nSPS) is 53.9. The highest BCUT2D eigenvalue weighted by Crippen LogP contribution is 2.76. The van der Waals surface area contributed by atoms with Crippen LogP contribution in [0.3, 0.4) is 0 Å². The maximum Gasteiger partial charge on any atom is 0.315 e. The van der Waals surface area contributed by atoms with Gasteiger partial charge in [-0.05, 0) is 109 Å². The maximum absolute atomic E-state index is 15.1. The molecule has 4 heterocycles. The van der Waals surface area contributed by atoms with Crippen molar-refractivity contribution in [2.24, 2.45) is 50.2 Å². The van der Waals surface area contributed by atoms with Crippen LogP contribution in [0.15, 0.2) is 11.6 Å². The highest BCUT2D eigenvalue weighted by Gasteiger charge is 2.70. The summed E-state index contributed by atoms with van der Waals surface area (Å²) in [5.41, 5.74) is 0.0357. The molecule has 0 aromatic rings. The van der Waals surface area contributed by atoms with E-state index in [0.29, 0.717) is 24.7 Å². The number of carbonyl (C=O) groups excluding carboxylic acids is 1. The van der Waals surface area contributed by atoms with Gasteiger partial charge in [0.25, 0.3) is 0 Å². The monoisotopic (exact) mass is 985 g/mol. The van der Waals surface area contributed by atoms with Crippen molar-refractivity contribution >= 4 is 5.97 Å². The van der Waals surface area contributed by atoms with Crippen molar-refractivity contribution in [3.63, 3.8) is 0 Å². The van der Waals surface area contributed by atoms with Crippen molar-refractivity contribution in [1.29, 1.82) is 0 Å². The van der Waals surface area contributed by atoms with Gasteiger partial charge >= 0.3 is 5.97 Å². The average molecular weight is 985 g/mol. The molecule has 394 valence electrons. The van der Waals surface area contributed by atoms with E-state index in [2.05, 4.69) is 54.5 Å². The lowest BCUT2D eigenvalue weighted by Crippen LogP contribution is -2.65. The Balaban J connectivity index is 0.889. The second kappa shape index (κ2) is 18.7. The number of rotatable bonds is 8. The van der Waals surface area contributed by atoms with Crippen LogP contribution >= 0.6 is 0 Å². The first-order valence-electron chi connectivity index (χ1n) is 25.4. The molecule has 4 saturated heterocycles. The summed E-state index contributed by atoms with van der Waals surface area (Å²) in [4.78, 5) is 15.1. The van der Waals surface area contributed by atoms with Crippen molar-refractivity contribution in [3.8, 4) is 0 Å². The van der Waals surface area contributed by atoms with Crippen LogP contribution in [0, 0.1) is 50.2 Å². The van der Waals surface area contributed by atoms with Crippen molar-refractivity contribution in [2.75, 3.05) is 26.4 Å². The highest BCUT2D eigenvalue weighted by atomic mass is 16.8. The molecular weight excluding hydrogens is 905 g/mol. The Labute approximate surface area is 404 Å². The van der Waals surface area contributed by atoms with Gasteiger partial charge in [-0.2, -0.15) is 0 Å². The van der Waals surface area contributed by atoms with Crippen LogP contribution < -0.4 is 0 Å². The standard InChI is InChI=1S/C50H80O19/c1-45(2)14-16-50(17-15-48(6)23(24(50)18-45)8-9-30-47(5)12-11-31(54)46(3,4)29(47)10-13-49(30,48)7)44(61)69-43-39(33(56)26(52)20-64-43)68-41-36(59)34(57)28(22-65-41)66-42-37(60)38(27(53)21-63-42)67-40-35(58)32(55)25(51)19-62-40/h8,24-43,51-60H,9-22H2,1-7H3/t24?,25-,26+,27-,28+,29?,30?,31+,32+,33+,34-,35-,36-,37-,38+,39-,40+,41+,42+,43+,47+,48-,49-,50+/m1/s1. The fourth-order valence-corrected chi connectivity index (χ4v) is 15.3. The van der Waals surface area contributed by atoms with Gasteiger partial charge in [-0.1, -0.05) is 60.1 Å². The molecule has 5 aliphatic carbocycles. The number of fused-ring (bicyclic) bond motifs is 7. The van der Waals surface area contributed by atoms with Crippen LogP contribution in [0.2, 0.25) is 0 Å². The zero-order valence-electron chi connectivity index (χ0n) is 41.2. The van der Waals surface area contributed by atoms with Gasteiger partial charge in [-0.15, -0.1) is 0 Å². The van der Waals surface area contributed by atoms with Gasteiger partial charge in [0.15, 0.2) is 25.0 Å². The average Bonchev–Trinajstić information content (AvgIpc) is 3.29. The Kier molecular flexibility index (Phi) is 14.2. The summed E-state index contributed by atoms with van der Waals surface area (Å²) in [6.07, 6.45) is -14.8. The Morgan fingerprint density at radius 1 is 0.565 bits per heavy atom. The minimum atomic E-state index is -1.85. The summed E-state index contributed by atoms with van der Waals surface area (Å²) in [6.45, 7) is 14.8. The summed E-state index contributed by atoms with van der Waals surface area (Å²) in [7, 11) is 0. The van der Waals surface area contributed by atoms with Gasteiger partial charge in [-0.25, -0.2) is 0 Å². The fourth-order valence-electron chi connectivity index (χ4n) is 15.3. The summed E-state index contributed by atoms with van der Waals surface area (Å²) >= 11 is 0. The molecule has 0 amide bonds. The van der Waals surface area contributed by atoms with Crippen molar-refractivity contribution in [1.82, 2.24) is 0 Å². The van der Waals surface area contributed by atoms with Gasteiger partial charge in [0, 0.05) is 0 Å². The second-order valence-corrected chi connectivity index (χ2v) is 24.5. The molecule has 19 nitrogen and oxygen atoms in total. The number of allylic oxidation sites excluding steroid dienone is 2. The van der Waals surface area contributed by atoms with Gasteiger partial charge < -0.3 is 89.0 Å². The Morgan fingerprint density at radius 3 is 1.84 bits per heavy atom. The topological polar surface area (TPSA) is 293 Å². The minimum Gasteiger partial charge on any atom is -0.432 e. The molecule has 10 N–H and O–H groups in total. The van der Waals surface area contributed by atoms with Crippen LogP contribution in [-0.4, -0.2) is 188 Å². The van der Waals surface area contributed by atoms with Crippen molar-refractivity contribution in [2.45, 2.75) is 217 Å². The van der Waals surface area contributed by atoms with Crippen LogP contribution in [0.5, 0.6) is 0 Å². The summed E-state index contributed by atoms with van der Waals surface area (Å²) < 4.78 is 46.3.